The average Bonchev–Trinajstić information content (AvgIpc) is 2.77. The van der Waals surface area contributed by atoms with Crippen LogP contribution in [0.4, 0.5) is 0 Å². The van der Waals surface area contributed by atoms with Crippen LogP contribution in [0.15, 0.2) is 28.9 Å². The third-order valence-electron chi connectivity index (χ3n) is 3.37. The van der Waals surface area contributed by atoms with Gasteiger partial charge in [0.05, 0.1) is 0 Å². The summed E-state index contributed by atoms with van der Waals surface area (Å²) in [5.74, 6) is -1.56. The van der Waals surface area contributed by atoms with Crippen LogP contribution in [0.3, 0.4) is 0 Å². The maximum absolute atomic E-state index is 11.5. The molecule has 3 rings (SSSR count). The molecule has 1 heterocycles. The quantitative estimate of drug-likeness (QED) is 0.752. The van der Waals surface area contributed by atoms with Crippen molar-refractivity contribution in [3.63, 3.8) is 0 Å². The Morgan fingerprint density at radius 1 is 1.35 bits per heavy atom. The molecule has 1 amide bonds. The van der Waals surface area contributed by atoms with Crippen LogP contribution in [-0.4, -0.2) is 22.0 Å². The monoisotopic (exact) mass is 332 g/mol. The van der Waals surface area contributed by atoms with Crippen LogP contribution in [0.2, 0.25) is 0 Å². The minimum atomic E-state index is -1.07. The molecule has 1 aliphatic rings. The fourth-order valence-corrected chi connectivity index (χ4v) is 3.09. The molecule has 0 atom stereocenters. The Morgan fingerprint density at radius 3 is 2.75 bits per heavy atom. The van der Waals surface area contributed by atoms with E-state index in [0.717, 1.165) is 26.7 Å². The first-order chi connectivity index (χ1) is 9.49. The minimum absolute atomic E-state index is 0.00620. The highest BCUT2D eigenvalue weighted by molar-refractivity contribution is 9.10. The highest BCUT2D eigenvalue weighted by Gasteiger charge is 2.26. The van der Waals surface area contributed by atoms with Gasteiger partial charge in [-0.1, -0.05) is 15.9 Å². The molecule has 20 heavy (non-hydrogen) atoms. The summed E-state index contributed by atoms with van der Waals surface area (Å²) < 4.78 is 0.834. The van der Waals surface area contributed by atoms with Crippen LogP contribution < -0.4 is 5.73 Å². The number of primary amides is 1. The number of benzene rings is 1. The molecule has 0 bridgehead atoms. The van der Waals surface area contributed by atoms with Gasteiger partial charge in [-0.2, -0.15) is 0 Å². The Balaban J connectivity index is 2.24. The van der Waals surface area contributed by atoms with E-state index in [1.54, 1.807) is 12.1 Å². The van der Waals surface area contributed by atoms with E-state index in [0.29, 0.717) is 12.0 Å². The average molecular weight is 333 g/mol. The maximum Gasteiger partial charge on any atom is 0.354 e. The van der Waals surface area contributed by atoms with Crippen molar-refractivity contribution < 1.29 is 14.7 Å². The fraction of sp³-hybridized carbons (Fsp3) is 0.0714. The van der Waals surface area contributed by atoms with Crippen molar-refractivity contribution in [2.45, 2.75) is 6.42 Å². The number of nitrogens with zero attached hydrogens (tertiary/aromatic N) is 1. The number of carbonyl (C=O) groups is 2. The number of aromatic nitrogens is 1. The summed E-state index contributed by atoms with van der Waals surface area (Å²) >= 11 is 3.45. The zero-order valence-electron chi connectivity index (χ0n) is 10.2. The standard InChI is InChI=1S/C14H9BrN2O3/c15-10-2-1-7(13(16)18)8-3-6-4-11(14(19)20)17-5-9(6)12(8)10/h1-2,4-5H,3H2,(H2,16,18)(H,19,20). The van der Waals surface area contributed by atoms with Crippen LogP contribution in [0.25, 0.3) is 11.1 Å². The Morgan fingerprint density at radius 2 is 2.10 bits per heavy atom. The number of rotatable bonds is 2. The van der Waals surface area contributed by atoms with Crippen LogP contribution >= 0.6 is 15.9 Å². The molecule has 2 aromatic rings. The number of halogens is 1. The summed E-state index contributed by atoms with van der Waals surface area (Å²) in [6, 6.07) is 4.97. The van der Waals surface area contributed by atoms with E-state index in [2.05, 4.69) is 20.9 Å². The lowest BCUT2D eigenvalue weighted by atomic mass is 10.0. The second-order valence-electron chi connectivity index (χ2n) is 4.52. The van der Waals surface area contributed by atoms with Crippen molar-refractivity contribution in [3.05, 3.63) is 51.3 Å². The van der Waals surface area contributed by atoms with Crippen molar-refractivity contribution in [2.24, 2.45) is 5.73 Å². The van der Waals surface area contributed by atoms with E-state index in [9.17, 15) is 9.59 Å². The zero-order chi connectivity index (χ0) is 14.4. The molecule has 6 heteroatoms. The first-order valence-electron chi connectivity index (χ1n) is 5.83. The number of carboxylic acid groups (broad SMARTS) is 1. The minimum Gasteiger partial charge on any atom is -0.477 e. The summed E-state index contributed by atoms with van der Waals surface area (Å²) in [6.07, 6.45) is 2.01. The second-order valence-corrected chi connectivity index (χ2v) is 5.38. The molecule has 0 spiro atoms. The Bertz CT molecular complexity index is 771. The molecule has 3 N–H and O–H groups in total. The number of nitrogens with two attached hydrogens (primary N) is 1. The molecule has 0 aliphatic heterocycles. The van der Waals surface area contributed by atoms with Gasteiger partial charge in [0.2, 0.25) is 5.91 Å². The lowest BCUT2D eigenvalue weighted by Gasteiger charge is -2.07. The number of hydrogen-bond acceptors (Lipinski definition) is 3. The molecule has 5 nitrogen and oxygen atoms in total. The van der Waals surface area contributed by atoms with Gasteiger partial charge in [0.15, 0.2) is 0 Å². The lowest BCUT2D eigenvalue weighted by molar-refractivity contribution is 0.0690. The molecule has 1 aromatic heterocycles. The third kappa shape index (κ3) is 1.80. The number of pyridine rings is 1. The molecule has 0 unspecified atom stereocenters. The predicted molar refractivity (Wildman–Crippen MR) is 75.7 cm³/mol. The van der Waals surface area contributed by atoms with Gasteiger partial charge in [0.25, 0.3) is 0 Å². The molecular formula is C14H9BrN2O3. The van der Waals surface area contributed by atoms with Crippen molar-refractivity contribution >= 4 is 27.8 Å². The van der Waals surface area contributed by atoms with E-state index >= 15 is 0 Å². The van der Waals surface area contributed by atoms with Crippen LogP contribution in [0, 0.1) is 0 Å². The van der Waals surface area contributed by atoms with Crippen molar-refractivity contribution in [2.75, 3.05) is 0 Å². The number of aromatic carboxylic acids is 1. The highest BCUT2D eigenvalue weighted by Crippen LogP contribution is 2.42. The highest BCUT2D eigenvalue weighted by atomic mass is 79.9. The van der Waals surface area contributed by atoms with Gasteiger partial charge in [-0.05, 0) is 35.7 Å². The van der Waals surface area contributed by atoms with Gasteiger partial charge in [0.1, 0.15) is 5.69 Å². The molecular weight excluding hydrogens is 324 g/mol. The zero-order valence-corrected chi connectivity index (χ0v) is 11.8. The number of carbonyl (C=O) groups excluding carboxylic acids is 1. The lowest BCUT2D eigenvalue weighted by Crippen LogP contribution is -2.13. The topological polar surface area (TPSA) is 93.3 Å². The summed E-state index contributed by atoms with van der Waals surface area (Å²) in [5, 5.41) is 8.98. The molecule has 0 saturated carbocycles. The Hall–Kier alpha value is -2.21. The molecule has 100 valence electrons. The molecule has 1 aromatic carbocycles. The van der Waals surface area contributed by atoms with E-state index < -0.39 is 11.9 Å². The molecule has 0 saturated heterocycles. The van der Waals surface area contributed by atoms with Crippen molar-refractivity contribution in [3.8, 4) is 11.1 Å². The summed E-state index contributed by atoms with van der Waals surface area (Å²) in [4.78, 5) is 26.4. The fourth-order valence-electron chi connectivity index (χ4n) is 2.50. The third-order valence-corrected chi connectivity index (χ3v) is 4.03. The number of fused-ring (bicyclic) bond motifs is 3. The predicted octanol–water partition coefficient (Wildman–Crippen LogP) is 2.21. The SMILES string of the molecule is NC(=O)c1ccc(Br)c2c1Cc1cc(C(=O)O)ncc1-2. The van der Waals surface area contributed by atoms with Crippen LogP contribution in [0.5, 0.6) is 0 Å². The first-order valence-corrected chi connectivity index (χ1v) is 6.62. The Labute approximate surface area is 122 Å². The van der Waals surface area contributed by atoms with Gasteiger partial charge in [0, 0.05) is 27.4 Å². The van der Waals surface area contributed by atoms with Gasteiger partial charge in [-0.3, -0.25) is 4.79 Å². The first kappa shape index (κ1) is 12.8. The number of hydrogen-bond donors (Lipinski definition) is 2. The maximum atomic E-state index is 11.5. The number of amides is 1. The Kier molecular flexibility index (Phi) is 2.83. The van der Waals surface area contributed by atoms with E-state index in [1.807, 2.05) is 0 Å². The smallest absolute Gasteiger partial charge is 0.354 e. The van der Waals surface area contributed by atoms with Crippen LogP contribution in [-0.2, 0) is 6.42 Å². The van der Waals surface area contributed by atoms with E-state index in [4.69, 9.17) is 10.8 Å². The van der Waals surface area contributed by atoms with Gasteiger partial charge >= 0.3 is 5.97 Å². The van der Waals surface area contributed by atoms with Crippen LogP contribution in [0.1, 0.15) is 32.0 Å². The molecule has 1 aliphatic carbocycles. The molecule has 0 fully saturated rings. The van der Waals surface area contributed by atoms with Crippen molar-refractivity contribution in [1.82, 2.24) is 4.98 Å². The number of carboxylic acids is 1. The van der Waals surface area contributed by atoms with Gasteiger partial charge < -0.3 is 10.8 Å². The second kappa shape index (κ2) is 4.42. The largest absolute Gasteiger partial charge is 0.477 e. The summed E-state index contributed by atoms with van der Waals surface area (Å²) in [5.41, 5.74) is 9.18. The van der Waals surface area contributed by atoms with Gasteiger partial charge in [-0.15, -0.1) is 0 Å². The summed E-state index contributed by atoms with van der Waals surface area (Å²) in [7, 11) is 0. The van der Waals surface area contributed by atoms with E-state index in [-0.39, 0.29) is 5.69 Å². The molecule has 0 radical (unpaired) electrons. The van der Waals surface area contributed by atoms with Crippen molar-refractivity contribution in [1.29, 1.82) is 0 Å². The summed E-state index contributed by atoms with van der Waals surface area (Å²) in [6.45, 7) is 0. The van der Waals surface area contributed by atoms with Gasteiger partial charge in [-0.25, -0.2) is 9.78 Å². The normalized spacial score (nSPS) is 11.8. The van der Waals surface area contributed by atoms with E-state index in [1.165, 1.54) is 12.3 Å².